The second kappa shape index (κ2) is 7.89. The van der Waals surface area contributed by atoms with E-state index >= 15 is 0 Å². The zero-order valence-electron chi connectivity index (χ0n) is 13.0. The Morgan fingerprint density at radius 3 is 2.65 bits per heavy atom. The molecule has 0 bridgehead atoms. The van der Waals surface area contributed by atoms with E-state index in [9.17, 15) is 9.59 Å². The fraction of sp³-hybridized carbons (Fsp3) is 0.167. The maximum absolute atomic E-state index is 12.3. The third kappa shape index (κ3) is 4.51. The Bertz CT molecular complexity index is 698. The summed E-state index contributed by atoms with van der Waals surface area (Å²) in [5.74, 6) is -0.586. The first-order valence-electron chi connectivity index (χ1n) is 7.32. The largest absolute Gasteiger partial charge is 0.347 e. The molecule has 2 aromatic rings. The van der Waals surface area contributed by atoms with Gasteiger partial charge in [-0.2, -0.15) is 0 Å². The molecule has 1 heterocycles. The Kier molecular flexibility index (Phi) is 5.63. The number of amides is 2. The van der Waals surface area contributed by atoms with Gasteiger partial charge in [0, 0.05) is 18.3 Å². The van der Waals surface area contributed by atoms with Crippen molar-refractivity contribution < 1.29 is 9.59 Å². The van der Waals surface area contributed by atoms with Crippen LogP contribution in [0.1, 0.15) is 39.4 Å². The zero-order valence-corrected chi connectivity index (χ0v) is 13.0. The van der Waals surface area contributed by atoms with E-state index in [1.54, 1.807) is 12.1 Å². The van der Waals surface area contributed by atoms with Crippen LogP contribution in [0.15, 0.2) is 61.3 Å². The smallest absolute Gasteiger partial charge is 0.270 e. The molecule has 118 valence electrons. The third-order valence-electron chi connectivity index (χ3n) is 3.31. The summed E-state index contributed by atoms with van der Waals surface area (Å²) in [4.78, 5) is 28.2. The Morgan fingerprint density at radius 1 is 1.22 bits per heavy atom. The van der Waals surface area contributed by atoms with Gasteiger partial charge in [0.2, 0.25) is 0 Å². The number of pyridine rings is 1. The second-order valence-electron chi connectivity index (χ2n) is 5.03. The van der Waals surface area contributed by atoms with Gasteiger partial charge in [-0.3, -0.25) is 14.6 Å². The summed E-state index contributed by atoms with van der Waals surface area (Å²) in [6.07, 6.45) is 3.03. The average molecular weight is 309 g/mol. The predicted molar refractivity (Wildman–Crippen MR) is 89.1 cm³/mol. The van der Waals surface area contributed by atoms with Gasteiger partial charge in [-0.05, 0) is 24.6 Å². The van der Waals surface area contributed by atoms with Crippen LogP contribution >= 0.6 is 0 Å². The number of hydrogen-bond acceptors (Lipinski definition) is 3. The van der Waals surface area contributed by atoms with E-state index in [2.05, 4.69) is 22.2 Å². The topological polar surface area (TPSA) is 71.1 Å². The van der Waals surface area contributed by atoms with Gasteiger partial charge >= 0.3 is 0 Å². The van der Waals surface area contributed by atoms with Gasteiger partial charge in [0.1, 0.15) is 5.69 Å². The van der Waals surface area contributed by atoms with Crippen molar-refractivity contribution in [1.82, 2.24) is 15.6 Å². The Morgan fingerprint density at radius 2 is 1.96 bits per heavy atom. The molecule has 0 saturated heterocycles. The monoisotopic (exact) mass is 309 g/mol. The zero-order chi connectivity index (χ0) is 16.7. The molecule has 1 aromatic heterocycles. The molecule has 1 atom stereocenters. The molecule has 1 aromatic carbocycles. The first kappa shape index (κ1) is 16.4. The highest BCUT2D eigenvalue weighted by atomic mass is 16.2. The van der Waals surface area contributed by atoms with Crippen molar-refractivity contribution in [1.29, 1.82) is 0 Å². The molecule has 2 rings (SSSR count). The lowest BCUT2D eigenvalue weighted by atomic mass is 10.1. The summed E-state index contributed by atoms with van der Waals surface area (Å²) in [6, 6.07) is 12.6. The molecular weight excluding hydrogens is 290 g/mol. The molecule has 1 unspecified atom stereocenters. The number of nitrogens with one attached hydrogen (secondary N) is 2. The van der Waals surface area contributed by atoms with Crippen LogP contribution in [-0.2, 0) is 0 Å². The van der Waals surface area contributed by atoms with Crippen LogP contribution in [-0.4, -0.2) is 23.3 Å². The quantitative estimate of drug-likeness (QED) is 0.805. The van der Waals surface area contributed by atoms with Crippen LogP contribution < -0.4 is 10.6 Å². The highest BCUT2D eigenvalue weighted by Crippen LogP contribution is 2.12. The van der Waals surface area contributed by atoms with E-state index in [0.29, 0.717) is 12.1 Å². The number of hydrogen-bond donors (Lipinski definition) is 2. The summed E-state index contributed by atoms with van der Waals surface area (Å²) >= 11 is 0. The van der Waals surface area contributed by atoms with E-state index in [0.717, 1.165) is 5.56 Å². The standard InChI is InChI=1S/C18H19N3O2/c1-3-10-20-18(23)16-12-15(9-11-19-16)17(22)21-13(2)14-7-5-4-6-8-14/h3-9,11-13H,1,10H2,2H3,(H,20,23)(H,21,22). The van der Waals surface area contributed by atoms with Crippen molar-refractivity contribution in [3.63, 3.8) is 0 Å². The lowest BCUT2D eigenvalue weighted by Crippen LogP contribution is -2.28. The molecule has 0 saturated carbocycles. The van der Waals surface area contributed by atoms with Gasteiger partial charge in [-0.25, -0.2) is 0 Å². The first-order valence-corrected chi connectivity index (χ1v) is 7.32. The van der Waals surface area contributed by atoms with Gasteiger partial charge in [-0.15, -0.1) is 6.58 Å². The van der Waals surface area contributed by atoms with Crippen molar-refractivity contribution in [2.24, 2.45) is 0 Å². The molecule has 23 heavy (non-hydrogen) atoms. The number of carbonyl (C=O) groups is 2. The van der Waals surface area contributed by atoms with Crippen LogP contribution in [0.25, 0.3) is 0 Å². The van der Waals surface area contributed by atoms with Crippen molar-refractivity contribution in [2.75, 3.05) is 6.54 Å². The molecule has 5 heteroatoms. The maximum Gasteiger partial charge on any atom is 0.270 e. The Balaban J connectivity index is 2.07. The molecule has 0 fully saturated rings. The minimum atomic E-state index is -0.337. The summed E-state index contributed by atoms with van der Waals surface area (Å²) in [5.41, 5.74) is 1.61. The molecule has 2 amide bonds. The lowest BCUT2D eigenvalue weighted by molar-refractivity contribution is 0.0939. The van der Waals surface area contributed by atoms with Gasteiger partial charge < -0.3 is 10.6 Å². The van der Waals surface area contributed by atoms with Crippen LogP contribution in [0.3, 0.4) is 0 Å². The van der Waals surface area contributed by atoms with Crippen LogP contribution in [0.5, 0.6) is 0 Å². The fourth-order valence-corrected chi connectivity index (χ4v) is 2.06. The predicted octanol–water partition coefficient (Wildman–Crippen LogP) is 2.49. The molecule has 5 nitrogen and oxygen atoms in total. The van der Waals surface area contributed by atoms with E-state index in [1.807, 2.05) is 37.3 Å². The molecule has 2 N–H and O–H groups in total. The minimum absolute atomic E-state index is 0.130. The highest BCUT2D eigenvalue weighted by molar-refractivity contribution is 5.98. The van der Waals surface area contributed by atoms with Crippen molar-refractivity contribution >= 4 is 11.8 Å². The lowest BCUT2D eigenvalue weighted by Gasteiger charge is -2.14. The number of benzene rings is 1. The fourth-order valence-electron chi connectivity index (χ4n) is 2.06. The number of rotatable bonds is 6. The summed E-state index contributed by atoms with van der Waals surface area (Å²) in [5, 5.41) is 5.54. The second-order valence-corrected chi connectivity index (χ2v) is 5.03. The van der Waals surface area contributed by atoms with E-state index in [4.69, 9.17) is 0 Å². The van der Waals surface area contributed by atoms with E-state index in [1.165, 1.54) is 12.3 Å². The van der Waals surface area contributed by atoms with Gasteiger partial charge in [0.15, 0.2) is 0 Å². The number of aromatic nitrogens is 1. The molecule has 0 spiro atoms. The molecule has 0 aliphatic carbocycles. The van der Waals surface area contributed by atoms with Gasteiger partial charge in [0.25, 0.3) is 11.8 Å². The maximum atomic E-state index is 12.3. The van der Waals surface area contributed by atoms with Gasteiger partial charge in [-0.1, -0.05) is 36.4 Å². The SMILES string of the molecule is C=CCNC(=O)c1cc(C(=O)NC(C)c2ccccc2)ccn1. The van der Waals surface area contributed by atoms with Crippen LogP contribution in [0.4, 0.5) is 0 Å². The highest BCUT2D eigenvalue weighted by Gasteiger charge is 2.14. The summed E-state index contributed by atoms with van der Waals surface area (Å²) in [6.45, 7) is 5.79. The Labute approximate surface area is 135 Å². The van der Waals surface area contributed by atoms with Crippen molar-refractivity contribution in [3.8, 4) is 0 Å². The summed E-state index contributed by atoms with van der Waals surface area (Å²) < 4.78 is 0. The Hall–Kier alpha value is -2.95. The van der Waals surface area contributed by atoms with Crippen molar-refractivity contribution in [2.45, 2.75) is 13.0 Å². The van der Waals surface area contributed by atoms with E-state index in [-0.39, 0.29) is 23.6 Å². The molecule has 0 aliphatic heterocycles. The molecular formula is C18H19N3O2. The minimum Gasteiger partial charge on any atom is -0.347 e. The van der Waals surface area contributed by atoms with Crippen LogP contribution in [0, 0.1) is 0 Å². The average Bonchev–Trinajstić information content (AvgIpc) is 2.60. The normalized spacial score (nSPS) is 11.3. The number of nitrogens with zero attached hydrogens (tertiary/aromatic N) is 1. The number of carbonyl (C=O) groups excluding carboxylic acids is 2. The van der Waals surface area contributed by atoms with Crippen LogP contribution in [0.2, 0.25) is 0 Å². The van der Waals surface area contributed by atoms with Crippen molar-refractivity contribution in [3.05, 3.63) is 78.1 Å². The summed E-state index contributed by atoms with van der Waals surface area (Å²) in [7, 11) is 0. The molecule has 0 aliphatic rings. The first-order chi connectivity index (χ1) is 11.1. The molecule has 0 radical (unpaired) electrons. The van der Waals surface area contributed by atoms with E-state index < -0.39 is 0 Å². The third-order valence-corrected chi connectivity index (χ3v) is 3.31. The van der Waals surface area contributed by atoms with Gasteiger partial charge in [0.05, 0.1) is 6.04 Å².